The van der Waals surface area contributed by atoms with Crippen LogP contribution in [0.3, 0.4) is 0 Å². The van der Waals surface area contributed by atoms with Crippen LogP contribution in [0, 0.1) is 0 Å². The van der Waals surface area contributed by atoms with Crippen molar-refractivity contribution in [3.8, 4) is 5.75 Å². The lowest BCUT2D eigenvalue weighted by molar-refractivity contribution is -0.143. The van der Waals surface area contributed by atoms with Crippen LogP contribution in [0.1, 0.15) is 31.2 Å². The Hall–Kier alpha value is -4.20. The monoisotopic (exact) mass is 506 g/mol. The summed E-state index contributed by atoms with van der Waals surface area (Å²) in [6, 6.07) is 0.691. The number of phenols is 1. The maximum absolute atomic E-state index is 13.0. The zero-order chi connectivity index (χ0) is 26.8. The molecule has 0 spiro atoms. The van der Waals surface area contributed by atoms with E-state index in [0.29, 0.717) is 18.5 Å². The van der Waals surface area contributed by atoms with Crippen molar-refractivity contribution in [3.05, 3.63) is 29.8 Å². The first-order valence-electron chi connectivity index (χ1n) is 11.2. The third-order valence-corrected chi connectivity index (χ3v) is 5.44. The molecule has 1 fully saturated rings. The van der Waals surface area contributed by atoms with Gasteiger partial charge < -0.3 is 42.9 Å². The molecule has 1 aliphatic heterocycles. The summed E-state index contributed by atoms with van der Waals surface area (Å²) in [6.07, 6.45) is -0.0795. The minimum atomic E-state index is -1.65. The van der Waals surface area contributed by atoms with E-state index in [1.165, 1.54) is 24.3 Å². The van der Waals surface area contributed by atoms with Crippen LogP contribution in [-0.2, 0) is 35.2 Å². The van der Waals surface area contributed by atoms with Gasteiger partial charge in [-0.05, 0) is 37.1 Å². The largest absolute Gasteiger partial charge is 0.508 e. The fourth-order valence-corrected chi connectivity index (χ4v) is 3.61. The van der Waals surface area contributed by atoms with Gasteiger partial charge in [0.25, 0.3) is 0 Å². The van der Waals surface area contributed by atoms with Crippen LogP contribution < -0.4 is 32.7 Å². The molecule has 1 heterocycles. The number of nitrogens with two attached hydrogens (primary N) is 2. The molecule has 14 heteroatoms. The van der Waals surface area contributed by atoms with Gasteiger partial charge in [0.1, 0.15) is 23.9 Å². The second-order valence-electron chi connectivity index (χ2n) is 8.38. The Morgan fingerprint density at radius 1 is 0.889 bits per heavy atom. The van der Waals surface area contributed by atoms with Crippen molar-refractivity contribution in [2.45, 2.75) is 56.3 Å². The molecule has 1 saturated heterocycles. The fraction of sp³-hybridized carbons (Fsp3) is 0.455. The van der Waals surface area contributed by atoms with Crippen molar-refractivity contribution >= 4 is 35.5 Å². The number of carboxylic acids is 1. The first-order valence-corrected chi connectivity index (χ1v) is 11.2. The maximum atomic E-state index is 13.0. The van der Waals surface area contributed by atoms with Crippen molar-refractivity contribution in [1.29, 1.82) is 0 Å². The van der Waals surface area contributed by atoms with E-state index >= 15 is 0 Å². The van der Waals surface area contributed by atoms with E-state index in [4.69, 9.17) is 11.5 Å². The van der Waals surface area contributed by atoms with E-state index in [9.17, 15) is 39.0 Å². The number of aliphatic carboxylic acids is 1. The van der Waals surface area contributed by atoms with Crippen molar-refractivity contribution in [2.24, 2.45) is 11.5 Å². The van der Waals surface area contributed by atoms with E-state index in [1.54, 1.807) is 0 Å². The molecule has 196 valence electrons. The van der Waals surface area contributed by atoms with Crippen molar-refractivity contribution in [2.75, 3.05) is 6.54 Å². The van der Waals surface area contributed by atoms with E-state index in [2.05, 4.69) is 21.3 Å². The third kappa shape index (κ3) is 8.87. The lowest BCUT2D eigenvalue weighted by Crippen LogP contribution is -2.58. The molecule has 0 aromatic heterocycles. The third-order valence-electron chi connectivity index (χ3n) is 5.44. The molecule has 2 rings (SSSR count). The Morgan fingerprint density at radius 2 is 1.44 bits per heavy atom. The van der Waals surface area contributed by atoms with Gasteiger partial charge in [0.15, 0.2) is 0 Å². The summed E-state index contributed by atoms with van der Waals surface area (Å²) in [6.45, 7) is 0.621. The average molecular weight is 507 g/mol. The van der Waals surface area contributed by atoms with Gasteiger partial charge in [-0.15, -0.1) is 0 Å². The summed E-state index contributed by atoms with van der Waals surface area (Å²) in [4.78, 5) is 72.6. The van der Waals surface area contributed by atoms with Gasteiger partial charge in [-0.3, -0.25) is 24.0 Å². The molecule has 0 radical (unpaired) electrons. The number of amides is 5. The van der Waals surface area contributed by atoms with Gasteiger partial charge in [-0.25, -0.2) is 4.79 Å². The molecule has 4 unspecified atom stereocenters. The SMILES string of the molecule is NC(=O)CC(NC(=O)C(Cc1ccc(O)cc1)NC(=O)C(CC(N)=O)NC(=O)C1CCCN1)C(=O)O. The highest BCUT2D eigenvalue weighted by Gasteiger charge is 2.32. The standard InChI is InChI=1S/C22H30N6O8/c23-17(30)9-15(27-19(32)13-2-1-7-25-13)21(34)26-14(8-11-3-5-12(29)6-4-11)20(33)28-16(22(35)36)10-18(24)31/h3-6,13-16,25,29H,1-2,7-10H2,(H2,23,30)(H2,24,31)(H,26,34)(H,27,32)(H,28,33)(H,35,36). The number of carbonyl (C=O) groups is 6. The molecule has 5 amide bonds. The molecule has 4 atom stereocenters. The van der Waals surface area contributed by atoms with Crippen LogP contribution in [0.25, 0.3) is 0 Å². The van der Waals surface area contributed by atoms with Crippen LogP contribution in [0.2, 0.25) is 0 Å². The van der Waals surface area contributed by atoms with Crippen LogP contribution in [0.15, 0.2) is 24.3 Å². The summed E-state index contributed by atoms with van der Waals surface area (Å²) in [5.74, 6) is -5.76. The lowest BCUT2D eigenvalue weighted by Gasteiger charge is -2.25. The number of nitrogens with one attached hydrogen (secondary N) is 4. The molecule has 36 heavy (non-hydrogen) atoms. The minimum Gasteiger partial charge on any atom is -0.508 e. The van der Waals surface area contributed by atoms with Crippen LogP contribution in [0.4, 0.5) is 0 Å². The fourth-order valence-electron chi connectivity index (χ4n) is 3.61. The first-order chi connectivity index (χ1) is 17.0. The van der Waals surface area contributed by atoms with Crippen molar-refractivity contribution in [1.82, 2.24) is 21.3 Å². The number of rotatable bonds is 13. The summed E-state index contributed by atoms with van der Waals surface area (Å²) in [7, 11) is 0. The second-order valence-corrected chi connectivity index (χ2v) is 8.38. The van der Waals surface area contributed by atoms with E-state index in [0.717, 1.165) is 6.42 Å². The minimum absolute atomic E-state index is 0.0408. The molecule has 0 aliphatic carbocycles. The van der Waals surface area contributed by atoms with E-state index < -0.39 is 72.5 Å². The molecule has 14 nitrogen and oxygen atoms in total. The van der Waals surface area contributed by atoms with Crippen LogP contribution in [-0.4, -0.2) is 76.4 Å². The second kappa shape index (κ2) is 13.0. The van der Waals surface area contributed by atoms with E-state index in [-0.39, 0.29) is 12.2 Å². The number of benzene rings is 1. The lowest BCUT2D eigenvalue weighted by atomic mass is 10.0. The highest BCUT2D eigenvalue weighted by atomic mass is 16.4. The Kier molecular flexibility index (Phi) is 10.2. The van der Waals surface area contributed by atoms with Gasteiger partial charge in [-0.1, -0.05) is 12.1 Å². The first kappa shape index (κ1) is 28.0. The molecule has 1 aliphatic rings. The summed E-state index contributed by atoms with van der Waals surface area (Å²) >= 11 is 0. The van der Waals surface area contributed by atoms with Crippen LogP contribution >= 0.6 is 0 Å². The average Bonchev–Trinajstić information content (AvgIpc) is 3.33. The van der Waals surface area contributed by atoms with Gasteiger partial charge in [0.05, 0.1) is 18.9 Å². The predicted molar refractivity (Wildman–Crippen MR) is 124 cm³/mol. The van der Waals surface area contributed by atoms with Crippen molar-refractivity contribution < 1.29 is 39.0 Å². The molecule has 0 bridgehead atoms. The van der Waals surface area contributed by atoms with Crippen molar-refractivity contribution in [3.63, 3.8) is 0 Å². The predicted octanol–water partition coefficient (Wildman–Crippen LogP) is -3.02. The Labute approximate surface area is 206 Å². The summed E-state index contributed by atoms with van der Waals surface area (Å²) < 4.78 is 0. The highest BCUT2D eigenvalue weighted by molar-refractivity contribution is 5.96. The highest BCUT2D eigenvalue weighted by Crippen LogP contribution is 2.12. The van der Waals surface area contributed by atoms with Gasteiger partial charge >= 0.3 is 5.97 Å². The smallest absolute Gasteiger partial charge is 0.326 e. The number of carbonyl (C=O) groups excluding carboxylic acids is 5. The quantitative estimate of drug-likeness (QED) is 0.135. The number of aromatic hydroxyl groups is 1. The Bertz CT molecular complexity index is 993. The number of primary amides is 2. The number of hydrogen-bond acceptors (Lipinski definition) is 8. The number of phenolic OH excluding ortho intramolecular Hbond substituents is 1. The summed E-state index contributed by atoms with van der Waals surface area (Å²) in [5, 5.41) is 28.8. The normalized spacial score (nSPS) is 17.3. The molecule has 0 saturated carbocycles. The van der Waals surface area contributed by atoms with Gasteiger partial charge in [0, 0.05) is 6.42 Å². The van der Waals surface area contributed by atoms with E-state index in [1.807, 2.05) is 0 Å². The van der Waals surface area contributed by atoms with Crippen LogP contribution in [0.5, 0.6) is 5.75 Å². The number of carboxylic acid groups (broad SMARTS) is 1. The number of hydrogen-bond donors (Lipinski definition) is 8. The Morgan fingerprint density at radius 3 is 1.97 bits per heavy atom. The topological polar surface area (TPSA) is 243 Å². The zero-order valence-corrected chi connectivity index (χ0v) is 19.4. The van der Waals surface area contributed by atoms with Gasteiger partial charge in [0.2, 0.25) is 29.5 Å². The molecule has 10 N–H and O–H groups in total. The molecular weight excluding hydrogens is 476 g/mol. The molecular formula is C22H30N6O8. The maximum Gasteiger partial charge on any atom is 0.326 e. The van der Waals surface area contributed by atoms with Gasteiger partial charge in [-0.2, -0.15) is 0 Å². The summed E-state index contributed by atoms with van der Waals surface area (Å²) in [5.41, 5.74) is 10.8. The Balaban J connectivity index is 2.23. The molecule has 1 aromatic rings. The zero-order valence-electron chi connectivity index (χ0n) is 19.4. The molecule has 1 aromatic carbocycles.